The molecule has 0 unspecified atom stereocenters. The highest BCUT2D eigenvalue weighted by Gasteiger charge is 2.42. The van der Waals surface area contributed by atoms with Gasteiger partial charge in [0.1, 0.15) is 5.75 Å². The monoisotopic (exact) mass is 352 g/mol. The van der Waals surface area contributed by atoms with Crippen molar-refractivity contribution in [2.75, 3.05) is 19.6 Å². The summed E-state index contributed by atoms with van der Waals surface area (Å²) in [6.07, 6.45) is 5.72. The third-order valence-corrected chi connectivity index (χ3v) is 5.25. The minimum Gasteiger partial charge on any atom is -0.507 e. The van der Waals surface area contributed by atoms with Crippen LogP contribution in [0.3, 0.4) is 0 Å². The van der Waals surface area contributed by atoms with Crippen LogP contribution in [-0.4, -0.2) is 41.1 Å². The number of halogens is 1. The number of carbonyl (C=O) groups excluding carboxylic acids is 1. The molecular formula is C16H21BrN2O2. The van der Waals surface area contributed by atoms with Gasteiger partial charge in [-0.15, -0.1) is 0 Å². The highest BCUT2D eigenvalue weighted by atomic mass is 79.9. The Kier molecular flexibility index (Phi) is 4.22. The predicted octanol–water partition coefficient (Wildman–Crippen LogP) is 2.90. The summed E-state index contributed by atoms with van der Waals surface area (Å²) in [7, 11) is 0. The minimum atomic E-state index is -0.0671. The molecule has 1 amide bonds. The lowest BCUT2D eigenvalue weighted by Crippen LogP contribution is -2.63. The van der Waals surface area contributed by atoms with Crippen molar-refractivity contribution >= 4 is 21.8 Å². The molecule has 4 nitrogen and oxygen atoms in total. The Morgan fingerprint density at radius 2 is 2.05 bits per heavy atom. The van der Waals surface area contributed by atoms with Crippen molar-refractivity contribution in [1.29, 1.82) is 0 Å². The quantitative estimate of drug-likeness (QED) is 0.816. The fourth-order valence-corrected chi connectivity index (χ4v) is 4.00. The number of piperazine rings is 1. The van der Waals surface area contributed by atoms with Crippen LogP contribution in [0.4, 0.5) is 0 Å². The van der Waals surface area contributed by atoms with E-state index in [1.807, 2.05) is 4.90 Å². The molecule has 0 atom stereocenters. The zero-order valence-corrected chi connectivity index (χ0v) is 13.7. The Bertz CT molecular complexity index is 533. The topological polar surface area (TPSA) is 52.6 Å². The SMILES string of the molecule is O=C(c1cc(Br)ccc1O)N1CCNCC12CCCCC2. The van der Waals surface area contributed by atoms with Crippen molar-refractivity contribution < 1.29 is 9.90 Å². The predicted molar refractivity (Wildman–Crippen MR) is 85.5 cm³/mol. The average Bonchev–Trinajstić information content (AvgIpc) is 2.50. The second-order valence-electron chi connectivity index (χ2n) is 6.08. The molecule has 2 aliphatic rings. The van der Waals surface area contributed by atoms with E-state index in [0.29, 0.717) is 12.1 Å². The van der Waals surface area contributed by atoms with Crippen molar-refractivity contribution in [3.8, 4) is 5.75 Å². The van der Waals surface area contributed by atoms with Gasteiger partial charge < -0.3 is 15.3 Å². The number of nitrogens with one attached hydrogen (secondary N) is 1. The number of rotatable bonds is 1. The zero-order valence-electron chi connectivity index (χ0n) is 12.1. The molecule has 1 saturated carbocycles. The first kappa shape index (κ1) is 14.9. The van der Waals surface area contributed by atoms with E-state index in [2.05, 4.69) is 21.2 Å². The summed E-state index contributed by atoms with van der Waals surface area (Å²) < 4.78 is 0.816. The smallest absolute Gasteiger partial charge is 0.258 e. The van der Waals surface area contributed by atoms with Gasteiger partial charge in [-0.25, -0.2) is 0 Å². The van der Waals surface area contributed by atoms with E-state index < -0.39 is 0 Å². The number of aromatic hydroxyl groups is 1. The van der Waals surface area contributed by atoms with Crippen molar-refractivity contribution in [3.63, 3.8) is 0 Å². The third kappa shape index (κ3) is 2.81. The summed E-state index contributed by atoms with van der Waals surface area (Å²) in [4.78, 5) is 15.0. The normalized spacial score (nSPS) is 21.5. The maximum atomic E-state index is 13.0. The standard InChI is InChI=1S/C16H21BrN2O2/c17-12-4-5-14(20)13(10-12)15(21)19-9-8-18-11-16(19)6-2-1-3-7-16/h4-5,10,18,20H,1-3,6-9,11H2. The Balaban J connectivity index is 1.92. The van der Waals surface area contributed by atoms with Gasteiger partial charge in [-0.05, 0) is 31.0 Å². The average molecular weight is 353 g/mol. The van der Waals surface area contributed by atoms with Crippen LogP contribution in [0.2, 0.25) is 0 Å². The number of hydrogen-bond donors (Lipinski definition) is 2. The first-order valence-corrected chi connectivity index (χ1v) is 8.43. The highest BCUT2D eigenvalue weighted by molar-refractivity contribution is 9.10. The van der Waals surface area contributed by atoms with Crippen LogP contribution in [0.15, 0.2) is 22.7 Å². The highest BCUT2D eigenvalue weighted by Crippen LogP contribution is 2.36. The van der Waals surface area contributed by atoms with E-state index in [9.17, 15) is 9.90 Å². The van der Waals surface area contributed by atoms with Gasteiger partial charge in [0.25, 0.3) is 5.91 Å². The largest absolute Gasteiger partial charge is 0.507 e. The molecule has 5 heteroatoms. The maximum Gasteiger partial charge on any atom is 0.258 e. The second kappa shape index (κ2) is 5.97. The lowest BCUT2D eigenvalue weighted by atomic mass is 9.78. The number of nitrogens with zero attached hydrogens (tertiary/aromatic N) is 1. The number of benzene rings is 1. The first-order chi connectivity index (χ1) is 10.1. The molecule has 1 spiro atoms. The number of hydrogen-bond acceptors (Lipinski definition) is 3. The molecule has 2 N–H and O–H groups in total. The Morgan fingerprint density at radius 3 is 2.81 bits per heavy atom. The first-order valence-electron chi connectivity index (χ1n) is 7.64. The Labute approximate surface area is 133 Å². The van der Waals surface area contributed by atoms with E-state index in [1.54, 1.807) is 18.2 Å². The molecule has 1 aromatic rings. The van der Waals surface area contributed by atoms with Crippen LogP contribution in [-0.2, 0) is 0 Å². The van der Waals surface area contributed by atoms with Crippen LogP contribution in [0, 0.1) is 0 Å². The fourth-order valence-electron chi connectivity index (χ4n) is 3.64. The van der Waals surface area contributed by atoms with Gasteiger partial charge in [-0.2, -0.15) is 0 Å². The lowest BCUT2D eigenvalue weighted by molar-refractivity contribution is 0.0220. The van der Waals surface area contributed by atoms with Crippen LogP contribution in [0.25, 0.3) is 0 Å². The van der Waals surface area contributed by atoms with E-state index in [0.717, 1.165) is 30.4 Å². The molecule has 1 aromatic carbocycles. The van der Waals surface area contributed by atoms with Gasteiger partial charge >= 0.3 is 0 Å². The summed E-state index contributed by atoms with van der Waals surface area (Å²) in [5.41, 5.74) is 0.332. The summed E-state index contributed by atoms with van der Waals surface area (Å²) in [6.45, 7) is 2.40. The van der Waals surface area contributed by atoms with Crippen LogP contribution < -0.4 is 5.32 Å². The van der Waals surface area contributed by atoms with Gasteiger partial charge in [0, 0.05) is 24.1 Å². The molecule has 1 heterocycles. The van der Waals surface area contributed by atoms with E-state index in [1.165, 1.54) is 19.3 Å². The zero-order chi connectivity index (χ0) is 14.9. The van der Waals surface area contributed by atoms with Gasteiger partial charge in [-0.3, -0.25) is 4.79 Å². The van der Waals surface area contributed by atoms with Crippen LogP contribution in [0.5, 0.6) is 5.75 Å². The molecule has 21 heavy (non-hydrogen) atoms. The lowest BCUT2D eigenvalue weighted by Gasteiger charge is -2.49. The molecular weight excluding hydrogens is 332 g/mol. The summed E-state index contributed by atoms with van der Waals surface area (Å²) in [5.74, 6) is 0.0184. The maximum absolute atomic E-state index is 13.0. The van der Waals surface area contributed by atoms with Gasteiger partial charge in [0.2, 0.25) is 0 Å². The van der Waals surface area contributed by atoms with Crippen molar-refractivity contribution in [2.24, 2.45) is 0 Å². The third-order valence-electron chi connectivity index (χ3n) is 4.76. The Hall–Kier alpha value is -1.07. The molecule has 1 saturated heterocycles. The molecule has 114 valence electrons. The van der Waals surface area contributed by atoms with Gasteiger partial charge in [-0.1, -0.05) is 35.2 Å². The van der Waals surface area contributed by atoms with Crippen molar-refractivity contribution in [2.45, 2.75) is 37.6 Å². The molecule has 2 fully saturated rings. The van der Waals surface area contributed by atoms with E-state index in [4.69, 9.17) is 0 Å². The fraction of sp³-hybridized carbons (Fsp3) is 0.562. The minimum absolute atomic E-state index is 0.0443. The number of phenols is 1. The summed E-state index contributed by atoms with van der Waals surface area (Å²) >= 11 is 3.38. The molecule has 1 aliphatic carbocycles. The molecule has 0 radical (unpaired) electrons. The van der Waals surface area contributed by atoms with Crippen LogP contribution >= 0.6 is 15.9 Å². The molecule has 3 rings (SSSR count). The molecule has 0 aromatic heterocycles. The number of carbonyl (C=O) groups is 1. The molecule has 0 bridgehead atoms. The number of amides is 1. The molecule has 1 aliphatic heterocycles. The second-order valence-corrected chi connectivity index (χ2v) is 7.00. The van der Waals surface area contributed by atoms with E-state index >= 15 is 0 Å². The summed E-state index contributed by atoms with van der Waals surface area (Å²) in [5, 5.41) is 13.5. The van der Waals surface area contributed by atoms with Crippen molar-refractivity contribution in [1.82, 2.24) is 10.2 Å². The van der Waals surface area contributed by atoms with Crippen molar-refractivity contribution in [3.05, 3.63) is 28.2 Å². The summed E-state index contributed by atoms with van der Waals surface area (Å²) in [6, 6.07) is 5.05. The Morgan fingerprint density at radius 1 is 1.29 bits per heavy atom. The number of phenolic OH excluding ortho intramolecular Hbond substituents is 1. The van der Waals surface area contributed by atoms with Gasteiger partial charge in [0.15, 0.2) is 0 Å². The van der Waals surface area contributed by atoms with Crippen LogP contribution in [0.1, 0.15) is 42.5 Å². The van der Waals surface area contributed by atoms with E-state index in [-0.39, 0.29) is 17.2 Å². The van der Waals surface area contributed by atoms with Gasteiger partial charge in [0.05, 0.1) is 11.1 Å².